The Hall–Kier alpha value is -3.04. The molecule has 5 nitrogen and oxygen atoms in total. The minimum Gasteiger partial charge on any atom is -0.463 e. The minimum atomic E-state index is -0.153. The van der Waals surface area contributed by atoms with Crippen LogP contribution in [0.2, 0.25) is 0 Å². The highest BCUT2D eigenvalue weighted by atomic mass is 32.2. The molecule has 24 heavy (non-hydrogen) atoms. The van der Waals surface area contributed by atoms with Crippen molar-refractivity contribution in [1.82, 2.24) is 4.98 Å². The molecule has 3 aromatic rings. The summed E-state index contributed by atoms with van der Waals surface area (Å²) in [6.45, 7) is 0. The molecule has 0 radical (unpaired) electrons. The van der Waals surface area contributed by atoms with Crippen LogP contribution in [0.5, 0.6) is 0 Å². The lowest BCUT2D eigenvalue weighted by Crippen LogP contribution is -2.14. The van der Waals surface area contributed by atoms with Gasteiger partial charge in [-0.2, -0.15) is 5.26 Å². The molecule has 0 saturated carbocycles. The maximum Gasteiger partial charge on any atom is 0.234 e. The number of amides is 1. The lowest BCUT2D eigenvalue weighted by molar-refractivity contribution is -0.113. The third-order valence-electron chi connectivity index (χ3n) is 3.15. The SMILES string of the molecule is N#Cc1ccc(-c2ccco2)nc1SCC(=O)Nc1ccccc1. The summed E-state index contributed by atoms with van der Waals surface area (Å²) in [5.41, 5.74) is 1.80. The summed E-state index contributed by atoms with van der Waals surface area (Å²) in [5, 5.41) is 12.5. The zero-order valence-electron chi connectivity index (χ0n) is 12.6. The fourth-order valence-corrected chi connectivity index (χ4v) is 2.82. The number of anilines is 1. The molecule has 0 aliphatic heterocycles. The number of carbonyl (C=O) groups excluding carboxylic acids is 1. The highest BCUT2D eigenvalue weighted by Crippen LogP contribution is 2.25. The van der Waals surface area contributed by atoms with Gasteiger partial charge in [0, 0.05) is 5.69 Å². The number of nitrogens with zero attached hydrogens (tertiary/aromatic N) is 2. The quantitative estimate of drug-likeness (QED) is 0.714. The van der Waals surface area contributed by atoms with Crippen LogP contribution < -0.4 is 5.32 Å². The third kappa shape index (κ3) is 3.83. The number of furan rings is 1. The van der Waals surface area contributed by atoms with E-state index < -0.39 is 0 Å². The van der Waals surface area contributed by atoms with Gasteiger partial charge in [-0.1, -0.05) is 30.0 Å². The number of benzene rings is 1. The van der Waals surface area contributed by atoms with E-state index in [2.05, 4.69) is 16.4 Å². The minimum absolute atomic E-state index is 0.153. The lowest BCUT2D eigenvalue weighted by Gasteiger charge is -2.06. The summed E-state index contributed by atoms with van der Waals surface area (Å²) in [6, 6.07) is 18.3. The Bertz CT molecular complexity index is 871. The topological polar surface area (TPSA) is 78.9 Å². The molecule has 1 aromatic carbocycles. The van der Waals surface area contributed by atoms with E-state index in [9.17, 15) is 10.1 Å². The lowest BCUT2D eigenvalue weighted by atomic mass is 10.2. The van der Waals surface area contributed by atoms with Crippen molar-refractivity contribution in [2.24, 2.45) is 0 Å². The van der Waals surface area contributed by atoms with Crippen molar-refractivity contribution < 1.29 is 9.21 Å². The average molecular weight is 335 g/mol. The number of carbonyl (C=O) groups is 1. The van der Waals surface area contributed by atoms with E-state index >= 15 is 0 Å². The summed E-state index contributed by atoms with van der Waals surface area (Å²) in [5.74, 6) is 0.633. The Balaban J connectivity index is 1.71. The Morgan fingerprint density at radius 3 is 2.71 bits per heavy atom. The molecule has 2 heterocycles. The number of nitriles is 1. The van der Waals surface area contributed by atoms with Crippen LogP contribution in [-0.4, -0.2) is 16.6 Å². The van der Waals surface area contributed by atoms with E-state index in [0.29, 0.717) is 22.0 Å². The van der Waals surface area contributed by atoms with Crippen LogP contribution in [-0.2, 0) is 4.79 Å². The second-order valence-electron chi connectivity index (χ2n) is 4.84. The molecule has 0 bridgehead atoms. The van der Waals surface area contributed by atoms with E-state index in [4.69, 9.17) is 4.42 Å². The Labute approximate surface area is 143 Å². The normalized spacial score (nSPS) is 10.1. The zero-order valence-corrected chi connectivity index (χ0v) is 13.4. The van der Waals surface area contributed by atoms with Crippen molar-refractivity contribution in [3.8, 4) is 17.5 Å². The maximum atomic E-state index is 12.0. The zero-order chi connectivity index (χ0) is 16.8. The van der Waals surface area contributed by atoms with Gasteiger partial charge in [0.2, 0.25) is 5.91 Å². The summed E-state index contributed by atoms with van der Waals surface area (Å²) in [7, 11) is 0. The van der Waals surface area contributed by atoms with Gasteiger partial charge in [0.15, 0.2) is 5.76 Å². The molecular formula is C18H13N3O2S. The molecule has 1 amide bonds. The highest BCUT2D eigenvalue weighted by molar-refractivity contribution is 8.00. The molecule has 3 rings (SSSR count). The van der Waals surface area contributed by atoms with E-state index in [1.807, 2.05) is 30.3 Å². The van der Waals surface area contributed by atoms with Crippen LogP contribution in [0.15, 0.2) is 70.3 Å². The van der Waals surface area contributed by atoms with Crippen LogP contribution in [0.4, 0.5) is 5.69 Å². The first-order valence-electron chi connectivity index (χ1n) is 7.19. The van der Waals surface area contributed by atoms with E-state index in [-0.39, 0.29) is 11.7 Å². The highest BCUT2D eigenvalue weighted by Gasteiger charge is 2.11. The first-order chi connectivity index (χ1) is 11.8. The first kappa shape index (κ1) is 15.8. The van der Waals surface area contributed by atoms with Crippen molar-refractivity contribution in [2.75, 3.05) is 11.1 Å². The molecule has 0 aliphatic rings. The van der Waals surface area contributed by atoms with Crippen molar-refractivity contribution >= 4 is 23.4 Å². The van der Waals surface area contributed by atoms with Gasteiger partial charge in [0.05, 0.1) is 17.6 Å². The van der Waals surface area contributed by atoms with E-state index in [0.717, 1.165) is 5.69 Å². The number of para-hydroxylation sites is 1. The van der Waals surface area contributed by atoms with E-state index in [1.54, 1.807) is 30.5 Å². The Kier molecular flexibility index (Phi) is 4.94. The predicted octanol–water partition coefficient (Wildman–Crippen LogP) is 3.94. The second kappa shape index (κ2) is 7.49. The number of nitrogens with one attached hydrogen (secondary N) is 1. The van der Waals surface area contributed by atoms with Crippen LogP contribution >= 0.6 is 11.8 Å². The second-order valence-corrected chi connectivity index (χ2v) is 5.81. The molecule has 6 heteroatoms. The summed E-state index contributed by atoms with van der Waals surface area (Å²) in [6.07, 6.45) is 1.56. The Morgan fingerprint density at radius 1 is 1.17 bits per heavy atom. The van der Waals surface area contributed by atoms with Gasteiger partial charge in [0.1, 0.15) is 16.8 Å². The van der Waals surface area contributed by atoms with Crippen LogP contribution in [0.25, 0.3) is 11.5 Å². The monoisotopic (exact) mass is 335 g/mol. The van der Waals surface area contributed by atoms with Crippen LogP contribution in [0.3, 0.4) is 0 Å². The van der Waals surface area contributed by atoms with Gasteiger partial charge in [0.25, 0.3) is 0 Å². The number of rotatable bonds is 5. The van der Waals surface area contributed by atoms with Crippen molar-refractivity contribution in [3.05, 3.63) is 66.4 Å². The number of thioether (sulfide) groups is 1. The number of hydrogen-bond donors (Lipinski definition) is 1. The predicted molar refractivity (Wildman–Crippen MR) is 92.4 cm³/mol. The van der Waals surface area contributed by atoms with Gasteiger partial charge in [-0.3, -0.25) is 4.79 Å². The Morgan fingerprint density at radius 2 is 2.00 bits per heavy atom. The van der Waals surface area contributed by atoms with Crippen LogP contribution in [0, 0.1) is 11.3 Å². The standard InChI is InChI=1S/C18H13N3O2S/c19-11-13-8-9-15(16-7-4-10-23-16)21-18(13)24-12-17(22)20-14-5-2-1-3-6-14/h1-10H,12H2,(H,20,22). The fraction of sp³-hybridized carbons (Fsp3) is 0.0556. The number of hydrogen-bond acceptors (Lipinski definition) is 5. The third-order valence-corrected chi connectivity index (χ3v) is 4.14. The molecular weight excluding hydrogens is 322 g/mol. The van der Waals surface area contributed by atoms with Crippen molar-refractivity contribution in [1.29, 1.82) is 5.26 Å². The van der Waals surface area contributed by atoms with E-state index in [1.165, 1.54) is 11.8 Å². The molecule has 2 aromatic heterocycles. The molecule has 0 saturated heterocycles. The fourth-order valence-electron chi connectivity index (χ4n) is 2.05. The molecule has 0 aliphatic carbocycles. The first-order valence-corrected chi connectivity index (χ1v) is 8.17. The average Bonchev–Trinajstić information content (AvgIpc) is 3.15. The maximum absolute atomic E-state index is 12.0. The molecule has 118 valence electrons. The van der Waals surface area contributed by atoms with Crippen molar-refractivity contribution in [2.45, 2.75) is 5.03 Å². The number of pyridine rings is 1. The van der Waals surface area contributed by atoms with Gasteiger partial charge in [-0.25, -0.2) is 4.98 Å². The summed E-state index contributed by atoms with van der Waals surface area (Å²) < 4.78 is 5.32. The molecule has 0 spiro atoms. The van der Waals surface area contributed by atoms with Gasteiger partial charge in [-0.05, 0) is 36.4 Å². The summed E-state index contributed by atoms with van der Waals surface area (Å²) in [4.78, 5) is 16.5. The molecule has 0 unspecified atom stereocenters. The van der Waals surface area contributed by atoms with Gasteiger partial charge < -0.3 is 9.73 Å². The molecule has 0 atom stereocenters. The summed E-state index contributed by atoms with van der Waals surface area (Å²) >= 11 is 1.22. The van der Waals surface area contributed by atoms with Gasteiger partial charge >= 0.3 is 0 Å². The largest absolute Gasteiger partial charge is 0.463 e. The van der Waals surface area contributed by atoms with Crippen molar-refractivity contribution in [3.63, 3.8) is 0 Å². The van der Waals surface area contributed by atoms with Gasteiger partial charge in [-0.15, -0.1) is 0 Å². The van der Waals surface area contributed by atoms with Crippen LogP contribution in [0.1, 0.15) is 5.56 Å². The molecule has 0 fully saturated rings. The smallest absolute Gasteiger partial charge is 0.234 e. The number of aromatic nitrogens is 1. The molecule has 1 N–H and O–H groups in total.